The highest BCUT2D eigenvalue weighted by Gasteiger charge is 2.60. The number of hydrogen-bond donors (Lipinski definition) is 0. The van der Waals surface area contributed by atoms with Crippen LogP contribution in [0, 0.1) is 24.2 Å². The highest BCUT2D eigenvalue weighted by Crippen LogP contribution is 2.55. The lowest BCUT2D eigenvalue weighted by molar-refractivity contribution is -0.167. The van der Waals surface area contributed by atoms with Crippen molar-refractivity contribution in [1.82, 2.24) is 9.21 Å². The van der Waals surface area contributed by atoms with Crippen molar-refractivity contribution in [2.75, 3.05) is 32.8 Å². The van der Waals surface area contributed by atoms with Crippen molar-refractivity contribution in [2.45, 2.75) is 101 Å². The Balaban J connectivity index is 1.31. The lowest BCUT2D eigenvalue weighted by atomic mass is 9.55. The molecular weight excluding hydrogens is 612 g/mol. The van der Waals surface area contributed by atoms with Gasteiger partial charge in [-0.1, -0.05) is 60.5 Å². The monoisotopic (exact) mass is 664 g/mol. The van der Waals surface area contributed by atoms with Gasteiger partial charge in [0.1, 0.15) is 0 Å². The Hall–Kier alpha value is -2.56. The second-order valence-electron chi connectivity index (χ2n) is 14.2. The summed E-state index contributed by atoms with van der Waals surface area (Å²) in [6.45, 7) is 9.14. The zero-order valence-corrected chi connectivity index (χ0v) is 28.7. The van der Waals surface area contributed by atoms with E-state index in [0.717, 1.165) is 75.5 Å². The van der Waals surface area contributed by atoms with Crippen LogP contribution in [0.15, 0.2) is 72.1 Å². The predicted molar refractivity (Wildman–Crippen MR) is 182 cm³/mol. The van der Waals surface area contributed by atoms with E-state index >= 15 is 0 Å². The minimum absolute atomic E-state index is 0.186. The van der Waals surface area contributed by atoms with Crippen LogP contribution < -0.4 is 0 Å². The van der Waals surface area contributed by atoms with Crippen molar-refractivity contribution in [3.8, 4) is 0 Å². The summed E-state index contributed by atoms with van der Waals surface area (Å²) in [5, 5.41) is 0. The summed E-state index contributed by atoms with van der Waals surface area (Å²) in [4.78, 5) is 16.2. The van der Waals surface area contributed by atoms with Crippen molar-refractivity contribution in [1.29, 1.82) is 0 Å². The minimum atomic E-state index is -3.83. The maximum Gasteiger partial charge on any atom is 0.243 e. The van der Waals surface area contributed by atoms with Crippen molar-refractivity contribution < 1.29 is 27.4 Å². The topological polar surface area (TPSA) is 85.4 Å². The van der Waals surface area contributed by atoms with Gasteiger partial charge in [-0.2, -0.15) is 4.31 Å². The molecule has 4 fully saturated rings. The first-order valence-electron chi connectivity index (χ1n) is 17.6. The molecule has 6 rings (SSSR count). The van der Waals surface area contributed by atoms with Gasteiger partial charge in [0.2, 0.25) is 15.9 Å². The van der Waals surface area contributed by atoms with Gasteiger partial charge in [-0.15, -0.1) is 6.58 Å². The fraction of sp³-hybridized carbons (Fsp3) is 0.605. The van der Waals surface area contributed by atoms with Crippen LogP contribution in [0.4, 0.5) is 0 Å². The number of hydrogen-bond acceptors (Lipinski definition) is 6. The molecule has 2 bridgehead atoms. The van der Waals surface area contributed by atoms with E-state index in [9.17, 15) is 13.2 Å². The van der Waals surface area contributed by atoms with Crippen LogP contribution in [0.1, 0.15) is 75.3 Å². The summed E-state index contributed by atoms with van der Waals surface area (Å²) in [5.74, 6) is 0.760. The van der Waals surface area contributed by atoms with Crippen LogP contribution >= 0.6 is 0 Å². The fourth-order valence-electron chi connectivity index (χ4n) is 8.61. The van der Waals surface area contributed by atoms with Crippen LogP contribution in [-0.2, 0) is 35.6 Å². The molecule has 3 saturated heterocycles. The first-order chi connectivity index (χ1) is 22.8. The summed E-state index contributed by atoms with van der Waals surface area (Å²) >= 11 is 0. The number of nitrogens with zero attached hydrogens (tertiary/aromatic N) is 2. The van der Waals surface area contributed by atoms with Gasteiger partial charge in [0.15, 0.2) is 6.29 Å². The molecule has 1 amide bonds. The third-order valence-electron chi connectivity index (χ3n) is 11.0. The number of amides is 1. The van der Waals surface area contributed by atoms with Gasteiger partial charge in [-0.25, -0.2) is 8.42 Å². The van der Waals surface area contributed by atoms with Crippen molar-refractivity contribution >= 4 is 15.9 Å². The van der Waals surface area contributed by atoms with E-state index in [0.29, 0.717) is 50.1 Å². The summed E-state index contributed by atoms with van der Waals surface area (Å²) in [6, 6.07) is 17.0. The zero-order chi connectivity index (χ0) is 32.9. The van der Waals surface area contributed by atoms with Crippen molar-refractivity contribution in [3.63, 3.8) is 0 Å². The number of benzene rings is 2. The van der Waals surface area contributed by atoms with E-state index in [2.05, 4.69) is 11.5 Å². The standard InChI is InChI=1S/C38H52N2O6S/c1-3-4-5-6-10-14-36(41)39-25-31-23-35(46-26-30-12-8-7-9-13-30)34-24-33(31)38(27-39,20-11-15-37-44-21-22-45-37)28-40(34)47(42,43)32-18-16-29(2)17-19-32/h3,7-9,12-13,16-19,31,33-35,37H,1,4-6,10-11,14-15,20-28H2,2H3/t31-,33-,34+,35+,38-/m1/s1. The predicted octanol–water partition coefficient (Wildman–Crippen LogP) is 6.49. The Bertz CT molecular complexity index is 1440. The summed E-state index contributed by atoms with van der Waals surface area (Å²) in [5.41, 5.74) is 1.74. The molecule has 9 heteroatoms. The first-order valence-corrected chi connectivity index (χ1v) is 19.1. The Morgan fingerprint density at radius 2 is 1.77 bits per heavy atom. The number of piperidine rings is 2. The molecule has 2 aromatic rings. The molecule has 2 aromatic carbocycles. The number of unbranched alkanes of at least 4 members (excludes halogenated alkanes) is 3. The lowest BCUT2D eigenvalue weighted by Gasteiger charge is -2.62. The van der Waals surface area contributed by atoms with E-state index < -0.39 is 10.0 Å². The number of allylic oxidation sites excluding steroid dienone is 1. The second-order valence-corrected chi connectivity index (χ2v) is 16.1. The molecule has 47 heavy (non-hydrogen) atoms. The van der Waals surface area contributed by atoms with Crippen LogP contribution in [-0.4, -0.2) is 74.8 Å². The lowest BCUT2D eigenvalue weighted by Crippen LogP contribution is -2.69. The summed E-state index contributed by atoms with van der Waals surface area (Å²) < 4.78 is 49.1. The number of carbonyl (C=O) groups excluding carboxylic acids is 1. The number of likely N-dealkylation sites (tertiary alicyclic amines) is 1. The maximum absolute atomic E-state index is 14.6. The molecule has 3 heterocycles. The van der Waals surface area contributed by atoms with Gasteiger partial charge in [0, 0.05) is 31.5 Å². The molecule has 0 N–H and O–H groups in total. The smallest absolute Gasteiger partial charge is 0.243 e. The normalized spacial score (nSPS) is 28.0. The Kier molecular flexibility index (Phi) is 11.2. The third kappa shape index (κ3) is 7.86. The minimum Gasteiger partial charge on any atom is -0.372 e. The average Bonchev–Trinajstić information content (AvgIpc) is 3.60. The van der Waals surface area contributed by atoms with E-state index in [1.807, 2.05) is 55.5 Å². The SMILES string of the molecule is C=CCCCCCC(=O)N1C[C@H]2C[C@H](OCc3ccccc3)[C@@H]3C[C@H]2[C@](CCCC2OCCO2)(C1)CN3S(=O)(=O)c1ccc(C)cc1. The number of fused-ring (bicyclic) bond motifs is 1. The third-order valence-corrected chi connectivity index (χ3v) is 12.9. The van der Waals surface area contributed by atoms with E-state index in [4.69, 9.17) is 14.2 Å². The summed E-state index contributed by atoms with van der Waals surface area (Å²) in [7, 11) is -3.83. The van der Waals surface area contributed by atoms with Crippen LogP contribution in [0.2, 0.25) is 0 Å². The van der Waals surface area contributed by atoms with E-state index in [-0.39, 0.29) is 35.7 Å². The quantitative estimate of drug-likeness (QED) is 0.160. The molecule has 1 saturated carbocycles. The number of ether oxygens (including phenoxy) is 3. The number of sulfonamides is 1. The first kappa shape index (κ1) is 34.3. The molecule has 0 radical (unpaired) electrons. The highest BCUT2D eigenvalue weighted by atomic mass is 32.2. The maximum atomic E-state index is 14.6. The molecule has 0 spiro atoms. The second kappa shape index (κ2) is 15.3. The molecule has 0 aromatic heterocycles. The van der Waals surface area contributed by atoms with Gasteiger partial charge in [-0.05, 0) is 87.8 Å². The highest BCUT2D eigenvalue weighted by molar-refractivity contribution is 7.89. The Morgan fingerprint density at radius 1 is 1.00 bits per heavy atom. The zero-order valence-electron chi connectivity index (χ0n) is 27.9. The van der Waals surface area contributed by atoms with Gasteiger partial charge in [-0.3, -0.25) is 4.79 Å². The number of aryl methyl sites for hydroxylation is 1. The number of rotatable bonds is 15. The summed E-state index contributed by atoms with van der Waals surface area (Å²) in [6.07, 6.45) is 9.81. The molecule has 1 aliphatic carbocycles. The largest absolute Gasteiger partial charge is 0.372 e. The van der Waals surface area contributed by atoms with Crippen LogP contribution in [0.3, 0.4) is 0 Å². The molecule has 5 atom stereocenters. The average molecular weight is 665 g/mol. The number of carbonyl (C=O) groups is 1. The molecule has 0 unspecified atom stereocenters. The van der Waals surface area contributed by atoms with E-state index in [1.165, 1.54) is 0 Å². The van der Waals surface area contributed by atoms with Crippen LogP contribution in [0.25, 0.3) is 0 Å². The molecule has 3 aliphatic heterocycles. The molecule has 4 aliphatic rings. The van der Waals surface area contributed by atoms with Crippen molar-refractivity contribution in [2.24, 2.45) is 17.3 Å². The molecule has 256 valence electrons. The van der Waals surface area contributed by atoms with E-state index in [1.54, 1.807) is 16.4 Å². The fourth-order valence-corrected chi connectivity index (χ4v) is 10.4. The Labute approximate surface area is 281 Å². The Morgan fingerprint density at radius 3 is 2.51 bits per heavy atom. The van der Waals surface area contributed by atoms with Gasteiger partial charge in [0.05, 0.1) is 36.9 Å². The molecule has 8 nitrogen and oxygen atoms in total. The van der Waals surface area contributed by atoms with Crippen LogP contribution in [0.5, 0.6) is 0 Å². The van der Waals surface area contributed by atoms with Crippen molar-refractivity contribution in [3.05, 3.63) is 78.4 Å². The molecular formula is C38H52N2O6S. The van der Waals surface area contributed by atoms with Gasteiger partial charge >= 0.3 is 0 Å². The van der Waals surface area contributed by atoms with Gasteiger partial charge < -0.3 is 19.1 Å². The van der Waals surface area contributed by atoms with Gasteiger partial charge in [0.25, 0.3) is 0 Å².